The van der Waals surface area contributed by atoms with E-state index in [4.69, 9.17) is 11.6 Å². The Balaban J connectivity index is 1.79. The van der Waals surface area contributed by atoms with Crippen LogP contribution in [0, 0.1) is 0 Å². The highest BCUT2D eigenvalue weighted by atomic mass is 35.5. The summed E-state index contributed by atoms with van der Waals surface area (Å²) in [5.74, 6) is 0.0519. The third kappa shape index (κ3) is 3.44. The van der Waals surface area contributed by atoms with E-state index in [2.05, 4.69) is 15.1 Å². The number of fused-ring (bicyclic) bond motifs is 1. The number of carbonyl (C=O) groups excluding carboxylic acids is 1. The molecule has 5 nitrogen and oxygen atoms in total. The number of amides is 1. The molecule has 1 aliphatic rings. The zero-order chi connectivity index (χ0) is 17.9. The van der Waals surface area contributed by atoms with Gasteiger partial charge in [-0.05, 0) is 36.2 Å². The van der Waals surface area contributed by atoms with Gasteiger partial charge in [0, 0.05) is 31.0 Å². The fourth-order valence-electron chi connectivity index (χ4n) is 3.13. The van der Waals surface area contributed by atoms with Crippen molar-refractivity contribution in [3.8, 4) is 0 Å². The van der Waals surface area contributed by atoms with Crippen LogP contribution in [0.15, 0.2) is 59.8 Å². The van der Waals surface area contributed by atoms with E-state index < -0.39 is 0 Å². The number of aromatic nitrogens is 2. The van der Waals surface area contributed by atoms with Gasteiger partial charge in [0.05, 0.1) is 16.9 Å². The molecule has 130 valence electrons. The molecule has 0 N–H and O–H groups in total. The van der Waals surface area contributed by atoms with E-state index in [0.717, 1.165) is 34.3 Å². The number of rotatable bonds is 4. The highest BCUT2D eigenvalue weighted by molar-refractivity contribution is 6.30. The fourth-order valence-corrected chi connectivity index (χ4v) is 3.36. The number of hydrazone groups is 1. The number of hydrogen-bond donors (Lipinski definition) is 0. The third-order valence-electron chi connectivity index (χ3n) is 4.38. The zero-order valence-corrected chi connectivity index (χ0v) is 14.9. The van der Waals surface area contributed by atoms with Crippen molar-refractivity contribution in [1.82, 2.24) is 15.0 Å². The minimum atomic E-state index is 0.0519. The van der Waals surface area contributed by atoms with Crippen molar-refractivity contribution < 1.29 is 4.79 Å². The van der Waals surface area contributed by atoms with E-state index in [-0.39, 0.29) is 5.91 Å². The zero-order valence-electron chi connectivity index (χ0n) is 14.1. The van der Waals surface area contributed by atoms with E-state index in [1.54, 1.807) is 11.2 Å². The molecule has 0 unspecified atom stereocenters. The van der Waals surface area contributed by atoms with Crippen molar-refractivity contribution in [1.29, 1.82) is 0 Å². The number of hydrogen-bond acceptors (Lipinski definition) is 4. The molecular weight excluding hydrogens is 348 g/mol. The Morgan fingerprint density at radius 1 is 1.19 bits per heavy atom. The van der Waals surface area contributed by atoms with Crippen molar-refractivity contribution in [2.24, 2.45) is 5.10 Å². The summed E-state index contributed by atoms with van der Waals surface area (Å²) in [7, 11) is 0. The normalized spacial score (nSPS) is 15.0. The Morgan fingerprint density at radius 2 is 2.04 bits per heavy atom. The van der Waals surface area contributed by atoms with Gasteiger partial charge in [0.2, 0.25) is 5.91 Å². The highest BCUT2D eigenvalue weighted by Gasteiger charge is 2.21. The molecule has 1 aliphatic heterocycles. The largest absolute Gasteiger partial charge is 0.273 e. The first-order valence-electron chi connectivity index (χ1n) is 8.54. The number of halogens is 1. The SMILES string of the molecule is O=C1CCCN1/N=C(/Cc1cc(Cl)nc2ccccc12)c1ccccn1. The molecule has 1 saturated heterocycles. The molecule has 0 saturated carbocycles. The fraction of sp³-hybridized carbons (Fsp3) is 0.200. The van der Waals surface area contributed by atoms with Crippen LogP contribution in [0.25, 0.3) is 10.9 Å². The maximum Gasteiger partial charge on any atom is 0.242 e. The highest BCUT2D eigenvalue weighted by Crippen LogP contribution is 2.23. The summed E-state index contributed by atoms with van der Waals surface area (Å²) in [5.41, 5.74) is 3.35. The van der Waals surface area contributed by atoms with Crippen molar-refractivity contribution >= 4 is 34.1 Å². The molecule has 0 aliphatic carbocycles. The first-order valence-corrected chi connectivity index (χ1v) is 8.92. The van der Waals surface area contributed by atoms with Crippen molar-refractivity contribution in [3.63, 3.8) is 0 Å². The number of carbonyl (C=O) groups is 1. The summed E-state index contributed by atoms with van der Waals surface area (Å²) in [6.07, 6.45) is 3.63. The van der Waals surface area contributed by atoms with Crippen LogP contribution in [-0.4, -0.2) is 33.1 Å². The van der Waals surface area contributed by atoms with Crippen LogP contribution in [0.3, 0.4) is 0 Å². The van der Waals surface area contributed by atoms with Crippen LogP contribution in [0.1, 0.15) is 24.1 Å². The molecule has 0 spiro atoms. The molecule has 0 radical (unpaired) electrons. The van der Waals surface area contributed by atoms with Crippen LogP contribution < -0.4 is 0 Å². The second-order valence-corrected chi connectivity index (χ2v) is 6.57. The lowest BCUT2D eigenvalue weighted by atomic mass is 10.0. The predicted octanol–water partition coefficient (Wildman–Crippen LogP) is 3.85. The second-order valence-electron chi connectivity index (χ2n) is 6.18. The van der Waals surface area contributed by atoms with Crippen LogP contribution in [0.2, 0.25) is 5.15 Å². The van der Waals surface area contributed by atoms with E-state index in [0.29, 0.717) is 24.5 Å². The van der Waals surface area contributed by atoms with Gasteiger partial charge in [-0.25, -0.2) is 9.99 Å². The van der Waals surface area contributed by atoms with Gasteiger partial charge in [0.15, 0.2) is 0 Å². The Bertz CT molecular complexity index is 988. The lowest BCUT2D eigenvalue weighted by Crippen LogP contribution is -2.22. The molecule has 1 aromatic carbocycles. The van der Waals surface area contributed by atoms with Gasteiger partial charge in [-0.15, -0.1) is 0 Å². The van der Waals surface area contributed by atoms with E-state index in [1.165, 1.54) is 0 Å². The summed E-state index contributed by atoms with van der Waals surface area (Å²) >= 11 is 6.22. The molecule has 6 heteroatoms. The summed E-state index contributed by atoms with van der Waals surface area (Å²) in [4.78, 5) is 20.8. The number of pyridine rings is 2. The summed E-state index contributed by atoms with van der Waals surface area (Å²) in [5, 5.41) is 7.65. The molecule has 1 fully saturated rings. The van der Waals surface area contributed by atoms with Crippen molar-refractivity contribution in [2.45, 2.75) is 19.3 Å². The lowest BCUT2D eigenvalue weighted by molar-refractivity contribution is -0.127. The van der Waals surface area contributed by atoms with Crippen LogP contribution in [-0.2, 0) is 11.2 Å². The second kappa shape index (κ2) is 7.22. The quantitative estimate of drug-likeness (QED) is 0.522. The predicted molar refractivity (Wildman–Crippen MR) is 102 cm³/mol. The van der Waals surface area contributed by atoms with Crippen LogP contribution in [0.5, 0.6) is 0 Å². The summed E-state index contributed by atoms with van der Waals surface area (Å²) in [6.45, 7) is 0.646. The van der Waals surface area contributed by atoms with Gasteiger partial charge in [-0.2, -0.15) is 5.10 Å². The molecular formula is C20H17ClN4O. The Kier molecular flexibility index (Phi) is 4.63. The van der Waals surface area contributed by atoms with Crippen molar-refractivity contribution in [3.05, 3.63) is 71.1 Å². The molecule has 0 bridgehead atoms. The maximum atomic E-state index is 12.0. The van der Waals surface area contributed by atoms with Gasteiger partial charge in [0.1, 0.15) is 5.15 Å². The molecule has 1 amide bonds. The topological polar surface area (TPSA) is 58.5 Å². The molecule has 4 rings (SSSR count). The Labute approximate surface area is 156 Å². The van der Waals surface area contributed by atoms with Crippen molar-refractivity contribution in [2.75, 3.05) is 6.54 Å². The number of para-hydroxylation sites is 1. The average Bonchev–Trinajstić information content (AvgIpc) is 3.06. The summed E-state index contributed by atoms with van der Waals surface area (Å²) in [6, 6.07) is 15.4. The molecule has 3 aromatic rings. The number of benzene rings is 1. The van der Waals surface area contributed by atoms with Gasteiger partial charge < -0.3 is 0 Å². The first kappa shape index (κ1) is 16.7. The van der Waals surface area contributed by atoms with Gasteiger partial charge >= 0.3 is 0 Å². The van der Waals surface area contributed by atoms with Gasteiger partial charge in [-0.3, -0.25) is 9.78 Å². The Morgan fingerprint density at radius 3 is 2.81 bits per heavy atom. The van der Waals surface area contributed by atoms with Gasteiger partial charge in [0.25, 0.3) is 0 Å². The monoisotopic (exact) mass is 364 g/mol. The minimum Gasteiger partial charge on any atom is -0.273 e. The van der Waals surface area contributed by atoms with Crippen LogP contribution in [0.4, 0.5) is 0 Å². The van der Waals surface area contributed by atoms with Gasteiger partial charge in [-0.1, -0.05) is 35.9 Å². The molecule has 2 aromatic heterocycles. The van der Waals surface area contributed by atoms with Crippen LogP contribution >= 0.6 is 11.6 Å². The smallest absolute Gasteiger partial charge is 0.242 e. The maximum absolute atomic E-state index is 12.0. The lowest BCUT2D eigenvalue weighted by Gasteiger charge is -2.14. The minimum absolute atomic E-state index is 0.0519. The molecule has 26 heavy (non-hydrogen) atoms. The third-order valence-corrected chi connectivity index (χ3v) is 4.57. The van der Waals surface area contributed by atoms with E-state index in [1.807, 2.05) is 48.5 Å². The van der Waals surface area contributed by atoms with E-state index in [9.17, 15) is 4.79 Å². The first-order chi connectivity index (χ1) is 12.7. The molecule has 3 heterocycles. The average molecular weight is 365 g/mol. The summed E-state index contributed by atoms with van der Waals surface area (Å²) < 4.78 is 0. The Hall–Kier alpha value is -2.79. The number of nitrogens with zero attached hydrogens (tertiary/aromatic N) is 4. The standard InChI is InChI=1S/C20H17ClN4O/c21-19-13-14(15-6-1-2-7-16(15)23-19)12-18(17-8-3-4-10-22-17)24-25-11-5-9-20(25)26/h1-4,6-8,10,13H,5,9,11-12H2/b24-18-. The molecule has 0 atom stereocenters. The van der Waals surface area contributed by atoms with E-state index >= 15 is 0 Å².